The Balaban J connectivity index is 2.14. The number of rotatable bonds is 6. The summed E-state index contributed by atoms with van der Waals surface area (Å²) < 4.78 is 0. The first kappa shape index (κ1) is 17.0. The lowest BCUT2D eigenvalue weighted by Crippen LogP contribution is -2.15. The zero-order valence-corrected chi connectivity index (χ0v) is 14.3. The van der Waals surface area contributed by atoms with Crippen LogP contribution in [0, 0.1) is 5.92 Å². The van der Waals surface area contributed by atoms with E-state index >= 15 is 0 Å². The molecule has 0 aliphatic carbocycles. The van der Waals surface area contributed by atoms with Crippen LogP contribution in [0.1, 0.15) is 49.5 Å². The molecule has 1 aromatic heterocycles. The van der Waals surface area contributed by atoms with E-state index in [1.165, 1.54) is 0 Å². The van der Waals surface area contributed by atoms with E-state index in [9.17, 15) is 4.79 Å². The fourth-order valence-electron chi connectivity index (χ4n) is 2.29. The molecule has 0 fully saturated rings. The van der Waals surface area contributed by atoms with Crippen LogP contribution in [0.25, 0.3) is 0 Å². The number of anilines is 2. The first-order valence-electron chi connectivity index (χ1n) is 8.06. The SMILES string of the molecule is CC(C)CNc1cncc(C(=O)Nc2ccccc2C(C)C)c1. The maximum absolute atomic E-state index is 12.5. The van der Waals surface area contributed by atoms with Crippen LogP contribution < -0.4 is 10.6 Å². The summed E-state index contributed by atoms with van der Waals surface area (Å²) in [5.41, 5.74) is 3.40. The van der Waals surface area contributed by atoms with Crippen molar-refractivity contribution in [2.24, 2.45) is 5.92 Å². The number of benzene rings is 1. The Bertz CT molecular complexity index is 665. The molecular weight excluding hydrogens is 286 g/mol. The minimum Gasteiger partial charge on any atom is -0.384 e. The smallest absolute Gasteiger partial charge is 0.257 e. The van der Waals surface area contributed by atoms with E-state index in [1.54, 1.807) is 12.4 Å². The van der Waals surface area contributed by atoms with Gasteiger partial charge in [-0.05, 0) is 29.5 Å². The molecule has 23 heavy (non-hydrogen) atoms. The predicted molar refractivity (Wildman–Crippen MR) is 96.0 cm³/mol. The number of carbonyl (C=O) groups is 1. The summed E-state index contributed by atoms with van der Waals surface area (Å²) in [6.07, 6.45) is 3.33. The Kier molecular flexibility index (Phi) is 5.74. The standard InChI is InChI=1S/C19H25N3O/c1-13(2)10-21-16-9-15(11-20-12-16)19(23)22-18-8-6-5-7-17(18)14(3)4/h5-9,11-14,21H,10H2,1-4H3,(H,22,23). The van der Waals surface area contributed by atoms with Crippen LogP contribution in [-0.2, 0) is 0 Å². The van der Waals surface area contributed by atoms with Gasteiger partial charge in [0.2, 0.25) is 0 Å². The monoisotopic (exact) mass is 311 g/mol. The van der Waals surface area contributed by atoms with Gasteiger partial charge in [0.25, 0.3) is 5.91 Å². The molecule has 2 rings (SSSR count). The molecule has 2 N–H and O–H groups in total. The van der Waals surface area contributed by atoms with E-state index in [2.05, 4.69) is 43.3 Å². The van der Waals surface area contributed by atoms with Gasteiger partial charge in [0.15, 0.2) is 0 Å². The van der Waals surface area contributed by atoms with Crippen molar-refractivity contribution in [3.05, 3.63) is 53.9 Å². The minimum atomic E-state index is -0.140. The van der Waals surface area contributed by atoms with Gasteiger partial charge in [-0.1, -0.05) is 45.9 Å². The lowest BCUT2D eigenvalue weighted by atomic mass is 10.0. The number of nitrogens with one attached hydrogen (secondary N) is 2. The Morgan fingerprint density at radius 3 is 2.57 bits per heavy atom. The lowest BCUT2D eigenvalue weighted by Gasteiger charge is -2.14. The number of aromatic nitrogens is 1. The largest absolute Gasteiger partial charge is 0.384 e. The fraction of sp³-hybridized carbons (Fsp3) is 0.368. The number of carbonyl (C=O) groups excluding carboxylic acids is 1. The van der Waals surface area contributed by atoms with Gasteiger partial charge in [-0.25, -0.2) is 0 Å². The van der Waals surface area contributed by atoms with Crippen LogP contribution in [0.4, 0.5) is 11.4 Å². The highest BCUT2D eigenvalue weighted by molar-refractivity contribution is 6.05. The number of nitrogens with zero attached hydrogens (tertiary/aromatic N) is 1. The molecule has 0 unspecified atom stereocenters. The van der Waals surface area contributed by atoms with Crippen molar-refractivity contribution in [3.8, 4) is 0 Å². The Morgan fingerprint density at radius 1 is 1.13 bits per heavy atom. The highest BCUT2D eigenvalue weighted by atomic mass is 16.1. The first-order chi connectivity index (χ1) is 11.0. The number of para-hydroxylation sites is 1. The van der Waals surface area contributed by atoms with Crippen molar-refractivity contribution in [1.82, 2.24) is 4.98 Å². The average molecular weight is 311 g/mol. The maximum Gasteiger partial charge on any atom is 0.257 e. The van der Waals surface area contributed by atoms with Crippen LogP contribution >= 0.6 is 0 Å². The average Bonchev–Trinajstić information content (AvgIpc) is 2.53. The summed E-state index contributed by atoms with van der Waals surface area (Å²) in [5.74, 6) is 0.743. The van der Waals surface area contributed by atoms with Crippen molar-refractivity contribution in [3.63, 3.8) is 0 Å². The summed E-state index contributed by atoms with van der Waals surface area (Å²) in [6, 6.07) is 9.73. The molecule has 1 amide bonds. The Labute approximate surface area is 138 Å². The molecule has 0 aliphatic rings. The van der Waals surface area contributed by atoms with Crippen LogP contribution in [0.3, 0.4) is 0 Å². The van der Waals surface area contributed by atoms with Crippen molar-refractivity contribution < 1.29 is 4.79 Å². The topological polar surface area (TPSA) is 54.0 Å². The molecule has 0 saturated carbocycles. The molecule has 4 heteroatoms. The summed E-state index contributed by atoms with van der Waals surface area (Å²) in [4.78, 5) is 16.7. The van der Waals surface area contributed by atoms with Gasteiger partial charge in [-0.2, -0.15) is 0 Å². The molecule has 0 bridgehead atoms. The Morgan fingerprint density at radius 2 is 1.87 bits per heavy atom. The second-order valence-corrected chi connectivity index (χ2v) is 6.43. The molecule has 2 aromatic rings. The van der Waals surface area contributed by atoms with Gasteiger partial charge < -0.3 is 10.6 Å². The van der Waals surface area contributed by atoms with Gasteiger partial charge in [-0.15, -0.1) is 0 Å². The minimum absolute atomic E-state index is 0.140. The van der Waals surface area contributed by atoms with Gasteiger partial charge in [0, 0.05) is 24.6 Å². The van der Waals surface area contributed by atoms with Gasteiger partial charge in [0.05, 0.1) is 11.3 Å². The summed E-state index contributed by atoms with van der Waals surface area (Å²) in [7, 11) is 0. The molecule has 0 saturated heterocycles. The van der Waals surface area contributed by atoms with Crippen molar-refractivity contribution in [2.45, 2.75) is 33.6 Å². The van der Waals surface area contributed by atoms with E-state index in [-0.39, 0.29) is 5.91 Å². The summed E-state index contributed by atoms with van der Waals surface area (Å²) in [6.45, 7) is 9.36. The van der Waals surface area contributed by atoms with Crippen LogP contribution in [0.5, 0.6) is 0 Å². The van der Waals surface area contributed by atoms with Gasteiger partial charge in [-0.3, -0.25) is 9.78 Å². The molecule has 1 heterocycles. The predicted octanol–water partition coefficient (Wildman–Crippen LogP) is 4.53. The highest BCUT2D eigenvalue weighted by Gasteiger charge is 2.11. The van der Waals surface area contributed by atoms with Crippen molar-refractivity contribution in [2.75, 3.05) is 17.2 Å². The van der Waals surface area contributed by atoms with Crippen molar-refractivity contribution in [1.29, 1.82) is 0 Å². The van der Waals surface area contributed by atoms with Crippen LogP contribution in [0.2, 0.25) is 0 Å². The molecule has 0 aliphatic heterocycles. The van der Waals surface area contributed by atoms with E-state index < -0.39 is 0 Å². The third-order valence-electron chi connectivity index (χ3n) is 3.55. The molecule has 0 spiro atoms. The molecule has 1 aromatic carbocycles. The van der Waals surface area contributed by atoms with Gasteiger partial charge >= 0.3 is 0 Å². The normalized spacial score (nSPS) is 10.9. The van der Waals surface area contributed by atoms with E-state index in [4.69, 9.17) is 0 Å². The molecular formula is C19H25N3O. The van der Waals surface area contributed by atoms with Crippen LogP contribution in [-0.4, -0.2) is 17.4 Å². The molecule has 0 atom stereocenters. The summed E-state index contributed by atoms with van der Waals surface area (Å²) >= 11 is 0. The first-order valence-corrected chi connectivity index (χ1v) is 8.06. The Hall–Kier alpha value is -2.36. The lowest BCUT2D eigenvalue weighted by molar-refractivity contribution is 0.102. The number of hydrogen-bond donors (Lipinski definition) is 2. The molecule has 4 nitrogen and oxygen atoms in total. The van der Waals surface area contributed by atoms with Gasteiger partial charge in [0.1, 0.15) is 0 Å². The third-order valence-corrected chi connectivity index (χ3v) is 3.55. The second-order valence-electron chi connectivity index (χ2n) is 6.43. The van der Waals surface area contributed by atoms with Crippen molar-refractivity contribution >= 4 is 17.3 Å². The highest BCUT2D eigenvalue weighted by Crippen LogP contribution is 2.24. The molecule has 122 valence electrons. The number of hydrogen-bond acceptors (Lipinski definition) is 3. The third kappa shape index (κ3) is 4.81. The quantitative estimate of drug-likeness (QED) is 0.824. The van der Waals surface area contributed by atoms with E-state index in [1.807, 2.05) is 30.3 Å². The number of amides is 1. The van der Waals surface area contributed by atoms with E-state index in [0.29, 0.717) is 17.4 Å². The fourth-order valence-corrected chi connectivity index (χ4v) is 2.29. The maximum atomic E-state index is 12.5. The van der Waals surface area contributed by atoms with Crippen LogP contribution in [0.15, 0.2) is 42.7 Å². The summed E-state index contributed by atoms with van der Waals surface area (Å²) in [5, 5.41) is 6.28. The zero-order valence-electron chi connectivity index (χ0n) is 14.3. The number of pyridine rings is 1. The molecule has 0 radical (unpaired) electrons. The van der Waals surface area contributed by atoms with E-state index in [0.717, 1.165) is 23.5 Å². The second kappa shape index (κ2) is 7.77. The zero-order chi connectivity index (χ0) is 16.8.